The molecule has 0 aliphatic carbocycles. The minimum Gasteiger partial charge on any atom is -0.493 e. The summed E-state index contributed by atoms with van der Waals surface area (Å²) in [7, 11) is 3.10. The van der Waals surface area contributed by atoms with E-state index < -0.39 is 30.2 Å². The van der Waals surface area contributed by atoms with Gasteiger partial charge in [-0.15, -0.1) is 0 Å². The van der Waals surface area contributed by atoms with Crippen LogP contribution in [-0.2, 0) is 11.0 Å². The number of rotatable bonds is 6. The fourth-order valence-corrected chi connectivity index (χ4v) is 4.94. The lowest BCUT2D eigenvalue weighted by Gasteiger charge is -2.18. The van der Waals surface area contributed by atoms with Crippen molar-refractivity contribution in [2.45, 2.75) is 16.0 Å². The Morgan fingerprint density at radius 1 is 0.921 bits per heavy atom. The third-order valence-corrected chi connectivity index (χ3v) is 6.94. The molecular weight excluding hydrogens is 521 g/mol. The van der Waals surface area contributed by atoms with Crippen molar-refractivity contribution in [3.05, 3.63) is 72.7 Å². The summed E-state index contributed by atoms with van der Waals surface area (Å²) in [4.78, 5) is 37.3. The first-order valence-electron chi connectivity index (χ1n) is 11.1. The molecule has 5 rings (SSSR count). The molecule has 3 amide bonds. The van der Waals surface area contributed by atoms with Crippen molar-refractivity contribution >= 4 is 46.0 Å². The summed E-state index contributed by atoms with van der Waals surface area (Å²) in [5.41, 5.74) is -0.0845. The molecule has 8 nitrogen and oxygen atoms in total. The number of urea groups is 1. The van der Waals surface area contributed by atoms with Gasteiger partial charge < -0.3 is 9.47 Å². The summed E-state index contributed by atoms with van der Waals surface area (Å²) in [6.07, 6.45) is -1.16. The normalized spacial score (nSPS) is 13.9. The minimum atomic E-state index is -4.62. The Balaban J connectivity index is 1.38. The maximum absolute atomic E-state index is 13.1. The van der Waals surface area contributed by atoms with Crippen molar-refractivity contribution in [2.75, 3.05) is 30.6 Å². The van der Waals surface area contributed by atoms with Crippen LogP contribution < -0.4 is 19.3 Å². The molecular formula is C26H19F3N4O4S. The molecule has 2 aromatic carbocycles. The van der Waals surface area contributed by atoms with Crippen LogP contribution in [0.2, 0.25) is 0 Å². The lowest BCUT2D eigenvalue weighted by atomic mass is 10.2. The predicted molar refractivity (Wildman–Crippen MR) is 135 cm³/mol. The van der Waals surface area contributed by atoms with Gasteiger partial charge in [-0.05, 0) is 42.5 Å². The van der Waals surface area contributed by atoms with Crippen LogP contribution in [-0.4, -0.2) is 42.7 Å². The SMILES string of the molecule is COc1cc2nccc(Sc3ccc(N4C(=O)CN(c5cncc(C(F)(F)F)c5)C4=O)cc3)c2cc1OC. The van der Waals surface area contributed by atoms with Crippen molar-refractivity contribution in [1.82, 2.24) is 9.97 Å². The number of alkyl halides is 3. The molecule has 1 aliphatic rings. The zero-order valence-corrected chi connectivity index (χ0v) is 20.8. The summed E-state index contributed by atoms with van der Waals surface area (Å²) in [6.45, 7) is -0.396. The Bertz CT molecular complexity index is 1550. The van der Waals surface area contributed by atoms with Gasteiger partial charge in [0.2, 0.25) is 0 Å². The van der Waals surface area contributed by atoms with Gasteiger partial charge in [0.1, 0.15) is 6.54 Å². The van der Waals surface area contributed by atoms with Gasteiger partial charge in [0.15, 0.2) is 11.5 Å². The van der Waals surface area contributed by atoms with E-state index in [1.165, 1.54) is 11.8 Å². The van der Waals surface area contributed by atoms with Crippen LogP contribution in [0.15, 0.2) is 76.9 Å². The van der Waals surface area contributed by atoms with E-state index in [1.807, 2.05) is 12.1 Å². The number of hydrogen-bond acceptors (Lipinski definition) is 7. The molecule has 1 fully saturated rings. The number of pyridine rings is 2. The molecule has 4 aromatic rings. The predicted octanol–water partition coefficient (Wildman–Crippen LogP) is 5.79. The van der Waals surface area contributed by atoms with Crippen molar-refractivity contribution in [1.29, 1.82) is 0 Å². The Morgan fingerprint density at radius 2 is 1.63 bits per heavy atom. The van der Waals surface area contributed by atoms with E-state index in [1.54, 1.807) is 50.7 Å². The molecule has 0 unspecified atom stereocenters. The van der Waals surface area contributed by atoms with Gasteiger partial charge in [-0.25, -0.2) is 9.69 Å². The van der Waals surface area contributed by atoms with Gasteiger partial charge in [-0.1, -0.05) is 11.8 Å². The maximum atomic E-state index is 13.1. The van der Waals surface area contributed by atoms with Crippen LogP contribution in [0.1, 0.15) is 5.56 Å². The maximum Gasteiger partial charge on any atom is 0.417 e. The summed E-state index contributed by atoms with van der Waals surface area (Å²) in [5.74, 6) is 0.569. The summed E-state index contributed by atoms with van der Waals surface area (Å²) in [6, 6.07) is 12.3. The highest BCUT2D eigenvalue weighted by Crippen LogP contribution is 2.39. The van der Waals surface area contributed by atoms with Gasteiger partial charge >= 0.3 is 12.2 Å². The number of nitrogens with zero attached hydrogens (tertiary/aromatic N) is 4. The molecule has 0 spiro atoms. The highest BCUT2D eigenvalue weighted by atomic mass is 32.2. The van der Waals surface area contributed by atoms with Gasteiger partial charge in [0.25, 0.3) is 5.91 Å². The number of hydrogen-bond donors (Lipinski definition) is 0. The van der Waals surface area contributed by atoms with Crippen LogP contribution in [0, 0.1) is 0 Å². The molecule has 2 aromatic heterocycles. The van der Waals surface area contributed by atoms with Gasteiger partial charge in [0, 0.05) is 33.6 Å². The number of aromatic nitrogens is 2. The number of fused-ring (bicyclic) bond motifs is 1. The second-order valence-corrected chi connectivity index (χ2v) is 9.27. The number of halogens is 3. The highest BCUT2D eigenvalue weighted by molar-refractivity contribution is 7.99. The number of benzene rings is 2. The smallest absolute Gasteiger partial charge is 0.417 e. The number of anilines is 2. The topological polar surface area (TPSA) is 84.9 Å². The van der Waals surface area contributed by atoms with E-state index in [0.29, 0.717) is 23.4 Å². The van der Waals surface area contributed by atoms with Crippen molar-refractivity contribution in [3.63, 3.8) is 0 Å². The fraction of sp³-hybridized carbons (Fsp3) is 0.154. The molecule has 3 heterocycles. The van der Waals surface area contributed by atoms with Crippen LogP contribution in [0.4, 0.5) is 29.3 Å². The van der Waals surface area contributed by atoms with E-state index in [-0.39, 0.29) is 5.69 Å². The van der Waals surface area contributed by atoms with E-state index in [2.05, 4.69) is 9.97 Å². The molecule has 194 valence electrons. The highest BCUT2D eigenvalue weighted by Gasteiger charge is 2.39. The molecule has 0 bridgehead atoms. The zero-order valence-electron chi connectivity index (χ0n) is 20.0. The Labute approximate surface area is 219 Å². The molecule has 0 N–H and O–H groups in total. The second kappa shape index (κ2) is 9.86. The van der Waals surface area contributed by atoms with Crippen LogP contribution >= 0.6 is 11.8 Å². The number of ether oxygens (including phenoxy) is 2. The molecule has 0 atom stereocenters. The average Bonchev–Trinajstić information content (AvgIpc) is 3.21. The molecule has 12 heteroatoms. The van der Waals surface area contributed by atoms with E-state index in [4.69, 9.17) is 9.47 Å². The monoisotopic (exact) mass is 540 g/mol. The van der Waals surface area contributed by atoms with Crippen molar-refractivity contribution < 1.29 is 32.2 Å². The van der Waals surface area contributed by atoms with Crippen LogP contribution in [0.3, 0.4) is 0 Å². The second-order valence-electron chi connectivity index (χ2n) is 8.16. The Morgan fingerprint density at radius 3 is 2.32 bits per heavy atom. The van der Waals surface area contributed by atoms with Gasteiger partial charge in [-0.2, -0.15) is 13.2 Å². The minimum absolute atomic E-state index is 0.107. The summed E-state index contributed by atoms with van der Waals surface area (Å²) < 4.78 is 50.0. The number of imide groups is 1. The van der Waals surface area contributed by atoms with E-state index in [9.17, 15) is 22.8 Å². The number of carbonyl (C=O) groups is 2. The summed E-state index contributed by atoms with van der Waals surface area (Å²) >= 11 is 1.45. The number of methoxy groups -OCH3 is 2. The fourth-order valence-electron chi connectivity index (χ4n) is 4.01. The standard InChI is InChI=1S/C26H19F3N4O4S/c1-36-21-10-19-20(11-22(21)37-2)31-8-7-23(19)38-18-5-3-16(4-6-18)33-24(34)14-32(25(33)35)17-9-15(12-30-13-17)26(27,28)29/h3-13H,14H2,1-2H3. The Kier molecular flexibility index (Phi) is 6.57. The molecule has 0 radical (unpaired) electrons. The van der Waals surface area contributed by atoms with Gasteiger partial charge in [0.05, 0.1) is 42.9 Å². The number of amides is 3. The third-order valence-electron chi connectivity index (χ3n) is 5.86. The molecule has 38 heavy (non-hydrogen) atoms. The third kappa shape index (κ3) is 4.70. The van der Waals surface area contributed by atoms with Crippen molar-refractivity contribution in [3.8, 4) is 11.5 Å². The summed E-state index contributed by atoms with van der Waals surface area (Å²) in [5, 5.41) is 0.856. The van der Waals surface area contributed by atoms with E-state index >= 15 is 0 Å². The van der Waals surface area contributed by atoms with Crippen molar-refractivity contribution in [2.24, 2.45) is 0 Å². The lowest BCUT2D eigenvalue weighted by Crippen LogP contribution is -2.33. The number of carbonyl (C=O) groups excluding carboxylic acids is 2. The first kappa shape index (κ1) is 25.3. The first-order valence-corrected chi connectivity index (χ1v) is 12.0. The lowest BCUT2D eigenvalue weighted by molar-refractivity contribution is -0.137. The molecule has 1 aliphatic heterocycles. The first-order chi connectivity index (χ1) is 18.2. The average molecular weight is 541 g/mol. The van der Waals surface area contributed by atoms with Gasteiger partial charge in [-0.3, -0.25) is 19.7 Å². The van der Waals surface area contributed by atoms with E-state index in [0.717, 1.165) is 42.8 Å². The zero-order chi connectivity index (χ0) is 27.0. The van der Waals surface area contributed by atoms with Crippen LogP contribution in [0.5, 0.6) is 11.5 Å². The largest absolute Gasteiger partial charge is 0.493 e. The Hall–Kier alpha value is -4.32. The molecule has 1 saturated heterocycles. The van der Waals surface area contributed by atoms with Crippen LogP contribution in [0.25, 0.3) is 10.9 Å². The quantitative estimate of drug-likeness (QED) is 0.286. The molecule has 0 saturated carbocycles.